The SMILES string of the molecule is CC(=O)NCCNC(=O)NCc1ccccc1Cl. The summed E-state index contributed by atoms with van der Waals surface area (Å²) in [6.45, 7) is 2.59. The zero-order valence-electron chi connectivity index (χ0n) is 10.1. The zero-order valence-corrected chi connectivity index (χ0v) is 10.9. The molecule has 0 bridgehead atoms. The monoisotopic (exact) mass is 269 g/mol. The minimum Gasteiger partial charge on any atom is -0.355 e. The van der Waals surface area contributed by atoms with Crippen LogP contribution in [0.1, 0.15) is 12.5 Å². The van der Waals surface area contributed by atoms with Crippen LogP contribution in [0.2, 0.25) is 5.02 Å². The molecule has 98 valence electrons. The van der Waals surface area contributed by atoms with Crippen molar-refractivity contribution in [2.24, 2.45) is 0 Å². The molecule has 0 fully saturated rings. The van der Waals surface area contributed by atoms with Crippen LogP contribution < -0.4 is 16.0 Å². The zero-order chi connectivity index (χ0) is 13.4. The molecule has 0 unspecified atom stereocenters. The molecule has 0 saturated heterocycles. The van der Waals surface area contributed by atoms with Gasteiger partial charge in [0.15, 0.2) is 0 Å². The van der Waals surface area contributed by atoms with Crippen LogP contribution in [-0.4, -0.2) is 25.0 Å². The Labute approximate surface area is 111 Å². The highest BCUT2D eigenvalue weighted by atomic mass is 35.5. The smallest absolute Gasteiger partial charge is 0.315 e. The highest BCUT2D eigenvalue weighted by Gasteiger charge is 2.02. The Morgan fingerprint density at radius 3 is 2.44 bits per heavy atom. The topological polar surface area (TPSA) is 70.2 Å². The third-order valence-corrected chi connectivity index (χ3v) is 2.55. The highest BCUT2D eigenvalue weighted by Crippen LogP contribution is 2.13. The molecule has 0 heterocycles. The molecule has 18 heavy (non-hydrogen) atoms. The fourth-order valence-electron chi connectivity index (χ4n) is 1.29. The van der Waals surface area contributed by atoms with Crippen LogP contribution in [0.15, 0.2) is 24.3 Å². The number of hydrogen-bond acceptors (Lipinski definition) is 2. The fourth-order valence-corrected chi connectivity index (χ4v) is 1.50. The first-order valence-corrected chi connectivity index (χ1v) is 5.97. The molecular formula is C12H16ClN3O2. The summed E-state index contributed by atoms with van der Waals surface area (Å²) in [6, 6.07) is 7.02. The van der Waals surface area contributed by atoms with Crippen molar-refractivity contribution in [1.82, 2.24) is 16.0 Å². The van der Waals surface area contributed by atoms with Gasteiger partial charge in [-0.15, -0.1) is 0 Å². The van der Waals surface area contributed by atoms with Gasteiger partial charge in [-0.1, -0.05) is 29.8 Å². The molecule has 0 aliphatic rings. The van der Waals surface area contributed by atoms with E-state index in [9.17, 15) is 9.59 Å². The second-order valence-electron chi connectivity index (χ2n) is 3.68. The van der Waals surface area contributed by atoms with E-state index in [0.29, 0.717) is 24.7 Å². The van der Waals surface area contributed by atoms with Crippen molar-refractivity contribution in [1.29, 1.82) is 0 Å². The average molecular weight is 270 g/mol. The standard InChI is InChI=1S/C12H16ClN3O2/c1-9(17)14-6-7-15-12(18)16-8-10-4-2-3-5-11(10)13/h2-5H,6-8H2,1H3,(H,14,17)(H2,15,16,18). The van der Waals surface area contributed by atoms with Crippen molar-refractivity contribution < 1.29 is 9.59 Å². The van der Waals surface area contributed by atoms with Gasteiger partial charge >= 0.3 is 6.03 Å². The highest BCUT2D eigenvalue weighted by molar-refractivity contribution is 6.31. The van der Waals surface area contributed by atoms with Crippen molar-refractivity contribution in [3.8, 4) is 0 Å². The molecule has 0 spiro atoms. The molecular weight excluding hydrogens is 254 g/mol. The average Bonchev–Trinajstić information content (AvgIpc) is 2.33. The lowest BCUT2D eigenvalue weighted by atomic mass is 10.2. The van der Waals surface area contributed by atoms with Gasteiger partial charge in [0.1, 0.15) is 0 Å². The van der Waals surface area contributed by atoms with E-state index in [-0.39, 0.29) is 11.9 Å². The summed E-state index contributed by atoms with van der Waals surface area (Å²) in [7, 11) is 0. The van der Waals surface area contributed by atoms with E-state index in [1.54, 1.807) is 6.07 Å². The molecule has 0 atom stereocenters. The lowest BCUT2D eigenvalue weighted by Crippen LogP contribution is -2.39. The fraction of sp³-hybridized carbons (Fsp3) is 0.333. The maximum atomic E-state index is 11.4. The van der Waals surface area contributed by atoms with Gasteiger partial charge < -0.3 is 16.0 Å². The molecule has 0 radical (unpaired) electrons. The molecule has 1 rings (SSSR count). The van der Waals surface area contributed by atoms with E-state index >= 15 is 0 Å². The van der Waals surface area contributed by atoms with E-state index in [1.807, 2.05) is 18.2 Å². The third kappa shape index (κ3) is 5.54. The van der Waals surface area contributed by atoms with Gasteiger partial charge in [0, 0.05) is 31.6 Å². The molecule has 0 aliphatic heterocycles. The minimum atomic E-state index is -0.291. The Bertz CT molecular complexity index is 424. The summed E-state index contributed by atoms with van der Waals surface area (Å²) in [6.07, 6.45) is 0. The summed E-state index contributed by atoms with van der Waals surface area (Å²) < 4.78 is 0. The Hall–Kier alpha value is -1.75. The lowest BCUT2D eigenvalue weighted by molar-refractivity contribution is -0.118. The second-order valence-corrected chi connectivity index (χ2v) is 4.09. The van der Waals surface area contributed by atoms with Crippen molar-refractivity contribution in [3.05, 3.63) is 34.9 Å². The Kier molecular flexibility index (Phi) is 6.00. The number of rotatable bonds is 5. The van der Waals surface area contributed by atoms with Gasteiger partial charge in [0.25, 0.3) is 0 Å². The van der Waals surface area contributed by atoms with E-state index in [1.165, 1.54) is 6.92 Å². The quantitative estimate of drug-likeness (QED) is 0.705. The molecule has 0 saturated carbocycles. The second kappa shape index (κ2) is 7.55. The molecule has 0 aliphatic carbocycles. The molecule has 1 aromatic rings. The van der Waals surface area contributed by atoms with E-state index in [0.717, 1.165) is 5.56 Å². The normalized spacial score (nSPS) is 9.67. The minimum absolute atomic E-state index is 0.117. The van der Waals surface area contributed by atoms with Crippen LogP contribution in [-0.2, 0) is 11.3 Å². The molecule has 1 aromatic carbocycles. The van der Waals surface area contributed by atoms with Crippen molar-refractivity contribution in [2.45, 2.75) is 13.5 Å². The van der Waals surface area contributed by atoms with Crippen LogP contribution in [0.5, 0.6) is 0 Å². The van der Waals surface area contributed by atoms with Gasteiger partial charge in [-0.25, -0.2) is 4.79 Å². The van der Waals surface area contributed by atoms with Gasteiger partial charge in [-0.3, -0.25) is 4.79 Å². The number of nitrogens with one attached hydrogen (secondary N) is 3. The first kappa shape index (κ1) is 14.3. The maximum absolute atomic E-state index is 11.4. The lowest BCUT2D eigenvalue weighted by Gasteiger charge is -2.08. The van der Waals surface area contributed by atoms with Gasteiger partial charge in [-0.05, 0) is 11.6 Å². The molecule has 3 N–H and O–H groups in total. The number of carbonyl (C=O) groups excluding carboxylic acids is 2. The number of halogens is 1. The first-order chi connectivity index (χ1) is 8.59. The summed E-state index contributed by atoms with van der Waals surface area (Å²) in [5.74, 6) is -0.117. The van der Waals surface area contributed by atoms with Crippen LogP contribution in [0.3, 0.4) is 0 Å². The first-order valence-electron chi connectivity index (χ1n) is 5.59. The number of amides is 3. The molecule has 3 amide bonds. The number of urea groups is 1. The van der Waals surface area contributed by atoms with E-state index < -0.39 is 0 Å². The summed E-state index contributed by atoms with van der Waals surface area (Å²) in [5.41, 5.74) is 0.858. The number of carbonyl (C=O) groups is 2. The summed E-state index contributed by atoms with van der Waals surface area (Å²) in [4.78, 5) is 22.0. The van der Waals surface area contributed by atoms with Crippen molar-refractivity contribution in [3.63, 3.8) is 0 Å². The number of hydrogen-bond donors (Lipinski definition) is 3. The van der Waals surface area contributed by atoms with Crippen LogP contribution in [0.4, 0.5) is 4.79 Å². The largest absolute Gasteiger partial charge is 0.355 e. The number of benzene rings is 1. The van der Waals surface area contributed by atoms with Crippen LogP contribution >= 0.6 is 11.6 Å². The van der Waals surface area contributed by atoms with Crippen molar-refractivity contribution in [2.75, 3.05) is 13.1 Å². The van der Waals surface area contributed by atoms with Crippen molar-refractivity contribution >= 4 is 23.5 Å². The predicted octanol–water partition coefficient (Wildman–Crippen LogP) is 1.28. The van der Waals surface area contributed by atoms with Crippen LogP contribution in [0.25, 0.3) is 0 Å². The van der Waals surface area contributed by atoms with E-state index in [2.05, 4.69) is 16.0 Å². The Morgan fingerprint density at radius 2 is 1.78 bits per heavy atom. The van der Waals surface area contributed by atoms with Gasteiger partial charge in [0.2, 0.25) is 5.91 Å². The predicted molar refractivity (Wildman–Crippen MR) is 70.4 cm³/mol. The van der Waals surface area contributed by atoms with Gasteiger partial charge in [-0.2, -0.15) is 0 Å². The Morgan fingerprint density at radius 1 is 1.11 bits per heavy atom. The Balaban J connectivity index is 2.21. The summed E-state index contributed by atoms with van der Waals surface area (Å²) in [5, 5.41) is 8.50. The van der Waals surface area contributed by atoms with Crippen LogP contribution in [0, 0.1) is 0 Å². The molecule has 6 heteroatoms. The third-order valence-electron chi connectivity index (χ3n) is 2.18. The van der Waals surface area contributed by atoms with Gasteiger partial charge in [0.05, 0.1) is 0 Å². The molecule has 0 aromatic heterocycles. The maximum Gasteiger partial charge on any atom is 0.315 e. The molecule has 5 nitrogen and oxygen atoms in total. The van der Waals surface area contributed by atoms with E-state index in [4.69, 9.17) is 11.6 Å². The summed E-state index contributed by atoms with van der Waals surface area (Å²) >= 11 is 5.95.